The van der Waals surface area contributed by atoms with Gasteiger partial charge in [-0.1, -0.05) is 6.07 Å². The van der Waals surface area contributed by atoms with Gasteiger partial charge in [0, 0.05) is 18.3 Å². The number of benzene rings is 1. The molecule has 1 saturated heterocycles. The van der Waals surface area contributed by atoms with Crippen LogP contribution in [0.25, 0.3) is 0 Å². The van der Waals surface area contributed by atoms with Crippen molar-refractivity contribution in [2.24, 2.45) is 0 Å². The molecule has 1 aromatic carbocycles. The van der Waals surface area contributed by atoms with Crippen molar-refractivity contribution in [2.45, 2.75) is 19.0 Å². The highest BCUT2D eigenvalue weighted by molar-refractivity contribution is 7.99. The molecule has 0 amide bonds. The second-order valence-electron chi connectivity index (χ2n) is 4.65. The number of hydrogen-bond acceptors (Lipinski definition) is 4. The maximum absolute atomic E-state index is 13.1. The first kappa shape index (κ1) is 13.9. The average Bonchev–Trinajstić information content (AvgIpc) is 2.84. The minimum atomic E-state index is -1.62. The molecule has 0 aromatic heterocycles. The summed E-state index contributed by atoms with van der Waals surface area (Å²) in [5.41, 5.74) is 1.03. The van der Waals surface area contributed by atoms with Crippen molar-refractivity contribution in [3.8, 4) is 0 Å². The van der Waals surface area contributed by atoms with E-state index >= 15 is 0 Å². The number of rotatable bonds is 4. The summed E-state index contributed by atoms with van der Waals surface area (Å²) >= 11 is 1.93. The van der Waals surface area contributed by atoms with Crippen LogP contribution in [0, 0.1) is 5.82 Å². The first-order valence-corrected chi connectivity index (χ1v) is 7.16. The third-order valence-corrected chi connectivity index (χ3v) is 4.48. The largest absolute Gasteiger partial charge is 0.488 e. The lowest BCUT2D eigenvalue weighted by atomic mass is 9.77. The van der Waals surface area contributed by atoms with Crippen molar-refractivity contribution in [2.75, 3.05) is 18.6 Å². The lowest BCUT2D eigenvalue weighted by Gasteiger charge is -2.24. The van der Waals surface area contributed by atoms with Crippen LogP contribution in [0.1, 0.15) is 12.0 Å². The number of thioether (sulfide) groups is 1. The van der Waals surface area contributed by atoms with Gasteiger partial charge in [0.1, 0.15) is 5.82 Å². The zero-order valence-corrected chi connectivity index (χ0v) is 11.2. The predicted octanol–water partition coefficient (Wildman–Crippen LogP) is 0.443. The zero-order valence-electron chi connectivity index (χ0n) is 10.3. The maximum atomic E-state index is 13.1. The molecular weight excluding hydrogens is 252 g/mol. The minimum Gasteiger partial charge on any atom is -0.423 e. The SMILES string of the molecule is CN(Cc1ccc(F)cc1B(O)O)C1CCSC1. The van der Waals surface area contributed by atoms with Crippen LogP contribution in [-0.4, -0.2) is 46.7 Å². The summed E-state index contributed by atoms with van der Waals surface area (Å²) in [4.78, 5) is 2.19. The Balaban J connectivity index is 2.12. The predicted molar refractivity (Wildman–Crippen MR) is 73.4 cm³/mol. The molecule has 2 rings (SSSR count). The van der Waals surface area contributed by atoms with Crippen LogP contribution in [-0.2, 0) is 6.54 Å². The van der Waals surface area contributed by atoms with Crippen molar-refractivity contribution in [1.82, 2.24) is 4.90 Å². The molecular formula is C12H17BFNO2S. The van der Waals surface area contributed by atoms with Crippen LogP contribution in [0.5, 0.6) is 0 Å². The first-order valence-electron chi connectivity index (χ1n) is 6.00. The molecule has 18 heavy (non-hydrogen) atoms. The molecule has 1 fully saturated rings. The number of halogens is 1. The number of nitrogens with zero attached hydrogens (tertiary/aromatic N) is 1. The van der Waals surface area contributed by atoms with Crippen molar-refractivity contribution < 1.29 is 14.4 Å². The van der Waals surface area contributed by atoms with Gasteiger partial charge in [0.25, 0.3) is 0 Å². The summed E-state index contributed by atoms with van der Waals surface area (Å²) in [6, 6.07) is 4.70. The minimum absolute atomic E-state index is 0.257. The topological polar surface area (TPSA) is 43.7 Å². The quantitative estimate of drug-likeness (QED) is 0.779. The van der Waals surface area contributed by atoms with Gasteiger partial charge in [-0.15, -0.1) is 0 Å². The van der Waals surface area contributed by atoms with Crippen molar-refractivity contribution in [3.05, 3.63) is 29.6 Å². The van der Waals surface area contributed by atoms with Gasteiger partial charge in [-0.05, 0) is 42.4 Å². The van der Waals surface area contributed by atoms with E-state index in [4.69, 9.17) is 0 Å². The monoisotopic (exact) mass is 269 g/mol. The van der Waals surface area contributed by atoms with Crippen LogP contribution in [0.2, 0.25) is 0 Å². The third kappa shape index (κ3) is 3.26. The molecule has 1 aromatic rings. The Morgan fingerprint density at radius 3 is 2.89 bits per heavy atom. The Morgan fingerprint density at radius 2 is 2.28 bits per heavy atom. The van der Waals surface area contributed by atoms with Gasteiger partial charge in [0.05, 0.1) is 0 Å². The van der Waals surface area contributed by atoms with Crippen LogP contribution >= 0.6 is 11.8 Å². The Hall–Kier alpha value is -0.555. The Labute approximate surface area is 111 Å². The molecule has 2 N–H and O–H groups in total. The molecule has 6 heteroatoms. The summed E-state index contributed by atoms with van der Waals surface area (Å²) < 4.78 is 13.1. The first-order chi connectivity index (χ1) is 8.58. The fourth-order valence-electron chi connectivity index (χ4n) is 2.22. The summed E-state index contributed by atoms with van der Waals surface area (Å²) in [5.74, 6) is 1.84. The van der Waals surface area contributed by atoms with Gasteiger partial charge in [0.2, 0.25) is 0 Å². The second kappa shape index (κ2) is 6.06. The molecule has 3 nitrogen and oxygen atoms in total. The van der Waals surface area contributed by atoms with Crippen LogP contribution in [0.3, 0.4) is 0 Å². The van der Waals surface area contributed by atoms with Gasteiger partial charge < -0.3 is 10.0 Å². The van der Waals surface area contributed by atoms with Crippen LogP contribution < -0.4 is 5.46 Å². The molecule has 1 heterocycles. The van der Waals surface area contributed by atoms with E-state index in [0.29, 0.717) is 12.6 Å². The van der Waals surface area contributed by atoms with E-state index in [1.54, 1.807) is 6.07 Å². The van der Waals surface area contributed by atoms with E-state index in [9.17, 15) is 14.4 Å². The van der Waals surface area contributed by atoms with Crippen LogP contribution in [0.4, 0.5) is 4.39 Å². The van der Waals surface area contributed by atoms with Crippen molar-refractivity contribution >= 4 is 24.3 Å². The van der Waals surface area contributed by atoms with Gasteiger partial charge in [-0.2, -0.15) is 11.8 Å². The number of hydrogen-bond donors (Lipinski definition) is 2. The molecule has 0 aliphatic carbocycles. The molecule has 1 aliphatic rings. The van der Waals surface area contributed by atoms with E-state index in [2.05, 4.69) is 4.90 Å². The fraction of sp³-hybridized carbons (Fsp3) is 0.500. The lowest BCUT2D eigenvalue weighted by molar-refractivity contribution is 0.254. The molecule has 0 saturated carbocycles. The molecule has 1 aliphatic heterocycles. The maximum Gasteiger partial charge on any atom is 0.488 e. The average molecular weight is 269 g/mol. The van der Waals surface area contributed by atoms with Gasteiger partial charge in [-0.25, -0.2) is 4.39 Å². The van der Waals surface area contributed by atoms with Gasteiger partial charge in [-0.3, -0.25) is 4.90 Å². The molecule has 0 radical (unpaired) electrons. The molecule has 0 spiro atoms. The molecule has 1 unspecified atom stereocenters. The van der Waals surface area contributed by atoms with E-state index in [1.807, 2.05) is 18.8 Å². The molecule has 1 atom stereocenters. The van der Waals surface area contributed by atoms with E-state index in [-0.39, 0.29) is 5.46 Å². The summed E-state index contributed by atoms with van der Waals surface area (Å²) in [5, 5.41) is 18.5. The molecule has 0 bridgehead atoms. The molecule has 98 valence electrons. The summed E-state index contributed by atoms with van der Waals surface area (Å²) in [6.45, 7) is 0.610. The standard InChI is InChI=1S/C12H17BFNO2S/c1-15(11-4-5-18-8-11)7-9-2-3-10(14)6-12(9)13(16)17/h2-3,6,11,16-17H,4-5,7-8H2,1H3. The lowest BCUT2D eigenvalue weighted by Crippen LogP contribution is -2.38. The third-order valence-electron chi connectivity index (χ3n) is 3.33. The Morgan fingerprint density at radius 1 is 1.50 bits per heavy atom. The fourth-order valence-corrected chi connectivity index (χ4v) is 3.52. The zero-order chi connectivity index (χ0) is 13.1. The Kier molecular flexibility index (Phi) is 4.67. The van der Waals surface area contributed by atoms with Crippen molar-refractivity contribution in [1.29, 1.82) is 0 Å². The van der Waals surface area contributed by atoms with Crippen LogP contribution in [0.15, 0.2) is 18.2 Å². The van der Waals surface area contributed by atoms with Gasteiger partial charge >= 0.3 is 7.12 Å². The normalized spacial score (nSPS) is 19.5. The second-order valence-corrected chi connectivity index (χ2v) is 5.80. The highest BCUT2D eigenvalue weighted by Crippen LogP contribution is 2.22. The van der Waals surface area contributed by atoms with Gasteiger partial charge in [0.15, 0.2) is 0 Å². The smallest absolute Gasteiger partial charge is 0.423 e. The summed E-state index contributed by atoms with van der Waals surface area (Å²) in [6.07, 6.45) is 1.15. The summed E-state index contributed by atoms with van der Waals surface area (Å²) in [7, 11) is 0.398. The Bertz CT molecular complexity index is 413. The highest BCUT2D eigenvalue weighted by Gasteiger charge is 2.23. The van der Waals surface area contributed by atoms with E-state index in [0.717, 1.165) is 17.7 Å². The van der Waals surface area contributed by atoms with E-state index < -0.39 is 12.9 Å². The highest BCUT2D eigenvalue weighted by atomic mass is 32.2. The van der Waals surface area contributed by atoms with Crippen molar-refractivity contribution in [3.63, 3.8) is 0 Å². The van der Waals surface area contributed by atoms with E-state index in [1.165, 1.54) is 17.9 Å².